The maximum atomic E-state index is 13.1. The van der Waals surface area contributed by atoms with E-state index in [1.54, 1.807) is 13.8 Å². The van der Waals surface area contributed by atoms with Crippen LogP contribution < -0.4 is 10.6 Å². The molecule has 1 atom stereocenters. The summed E-state index contributed by atoms with van der Waals surface area (Å²) in [6, 6.07) is 3.92. The zero-order chi connectivity index (χ0) is 16.2. The summed E-state index contributed by atoms with van der Waals surface area (Å²) in [5.41, 5.74) is -0.220. The van der Waals surface area contributed by atoms with Gasteiger partial charge in [-0.15, -0.1) is 0 Å². The summed E-state index contributed by atoms with van der Waals surface area (Å²) >= 11 is 0. The van der Waals surface area contributed by atoms with Crippen molar-refractivity contribution in [2.45, 2.75) is 33.3 Å². The summed E-state index contributed by atoms with van der Waals surface area (Å²) in [6.45, 7) is 6.84. The molecule has 5 nitrogen and oxygen atoms in total. The number of aryl methyl sites for hydroxylation is 1. The van der Waals surface area contributed by atoms with Crippen molar-refractivity contribution >= 4 is 17.5 Å². The van der Waals surface area contributed by atoms with E-state index in [1.165, 1.54) is 12.1 Å². The first-order chi connectivity index (χ1) is 9.63. The van der Waals surface area contributed by atoms with Crippen LogP contribution in [0.1, 0.15) is 26.3 Å². The van der Waals surface area contributed by atoms with Crippen LogP contribution in [0.4, 0.5) is 10.1 Å². The molecular weight excluding hydrogens is 275 g/mol. The molecule has 0 bridgehead atoms. The van der Waals surface area contributed by atoms with Gasteiger partial charge in [-0.1, -0.05) is 19.9 Å². The van der Waals surface area contributed by atoms with E-state index in [4.69, 9.17) is 0 Å². The number of benzene rings is 1. The first kappa shape index (κ1) is 17.1. The molecule has 0 aromatic heterocycles. The number of hydrogen-bond donors (Lipinski definition) is 3. The average Bonchev–Trinajstić information content (AvgIpc) is 2.40. The molecule has 1 aromatic rings. The molecule has 21 heavy (non-hydrogen) atoms. The lowest BCUT2D eigenvalue weighted by molar-refractivity contribution is -0.137. The van der Waals surface area contributed by atoms with Gasteiger partial charge in [0.15, 0.2) is 0 Å². The Kier molecular flexibility index (Phi) is 5.43. The average molecular weight is 296 g/mol. The zero-order valence-electron chi connectivity index (χ0n) is 12.7. The van der Waals surface area contributed by atoms with Gasteiger partial charge in [0.2, 0.25) is 0 Å². The van der Waals surface area contributed by atoms with Gasteiger partial charge < -0.3 is 15.7 Å². The number of aliphatic hydroxyl groups is 1. The van der Waals surface area contributed by atoms with Crippen molar-refractivity contribution in [1.29, 1.82) is 0 Å². The molecule has 0 aliphatic rings. The van der Waals surface area contributed by atoms with E-state index in [2.05, 4.69) is 10.6 Å². The van der Waals surface area contributed by atoms with E-state index >= 15 is 0 Å². The van der Waals surface area contributed by atoms with Crippen molar-refractivity contribution in [1.82, 2.24) is 5.32 Å². The first-order valence-corrected chi connectivity index (χ1v) is 6.71. The molecule has 6 heteroatoms. The van der Waals surface area contributed by atoms with E-state index in [1.807, 2.05) is 13.8 Å². The molecule has 0 saturated heterocycles. The predicted octanol–water partition coefficient (Wildman–Crippen LogP) is 1.60. The van der Waals surface area contributed by atoms with Gasteiger partial charge in [-0.3, -0.25) is 9.59 Å². The molecule has 1 aromatic carbocycles. The van der Waals surface area contributed by atoms with Crippen LogP contribution in [0, 0.1) is 18.7 Å². The van der Waals surface area contributed by atoms with Crippen molar-refractivity contribution in [2.24, 2.45) is 5.92 Å². The highest BCUT2D eigenvalue weighted by Crippen LogP contribution is 2.16. The minimum absolute atomic E-state index is 0.0426. The maximum Gasteiger partial charge on any atom is 0.313 e. The second-order valence-electron chi connectivity index (χ2n) is 5.61. The fourth-order valence-electron chi connectivity index (χ4n) is 1.45. The summed E-state index contributed by atoms with van der Waals surface area (Å²) in [5, 5.41) is 14.7. The number of carbonyl (C=O) groups excluding carboxylic acids is 2. The quantitative estimate of drug-likeness (QED) is 0.738. The monoisotopic (exact) mass is 296 g/mol. The smallest absolute Gasteiger partial charge is 0.313 e. The molecule has 0 saturated carbocycles. The first-order valence-electron chi connectivity index (χ1n) is 6.71. The van der Waals surface area contributed by atoms with Crippen molar-refractivity contribution in [3.8, 4) is 0 Å². The van der Waals surface area contributed by atoms with E-state index in [9.17, 15) is 19.1 Å². The summed E-state index contributed by atoms with van der Waals surface area (Å²) in [5.74, 6) is -2.35. The van der Waals surface area contributed by atoms with Crippen LogP contribution in [-0.2, 0) is 9.59 Å². The third-order valence-electron chi connectivity index (χ3n) is 3.50. The number of nitrogens with one attached hydrogen (secondary N) is 2. The molecule has 3 N–H and O–H groups in total. The van der Waals surface area contributed by atoms with Gasteiger partial charge in [0.05, 0.1) is 5.60 Å². The lowest BCUT2D eigenvalue weighted by atomic mass is 9.92. The molecule has 1 unspecified atom stereocenters. The molecule has 1 rings (SSSR count). The fourth-order valence-corrected chi connectivity index (χ4v) is 1.45. The van der Waals surface area contributed by atoms with Crippen molar-refractivity contribution < 1.29 is 19.1 Å². The molecular formula is C15H21FN2O3. The van der Waals surface area contributed by atoms with Crippen LogP contribution in [0.3, 0.4) is 0 Å². The minimum Gasteiger partial charge on any atom is -0.388 e. The van der Waals surface area contributed by atoms with Crippen molar-refractivity contribution in [3.63, 3.8) is 0 Å². The molecule has 0 aliphatic carbocycles. The SMILES string of the molecule is Cc1ccc(F)cc1NC(=O)C(=O)NCC(C)(O)C(C)C. The van der Waals surface area contributed by atoms with Gasteiger partial charge in [0.1, 0.15) is 5.82 Å². The Labute approximate surface area is 123 Å². The lowest BCUT2D eigenvalue weighted by Gasteiger charge is -2.27. The molecule has 0 aliphatic heterocycles. The molecule has 0 heterocycles. The Morgan fingerprint density at radius 1 is 1.33 bits per heavy atom. The minimum atomic E-state index is -1.11. The largest absolute Gasteiger partial charge is 0.388 e. The van der Waals surface area contributed by atoms with Gasteiger partial charge in [0.25, 0.3) is 0 Å². The Balaban J connectivity index is 2.64. The summed E-state index contributed by atoms with van der Waals surface area (Å²) in [4.78, 5) is 23.4. The van der Waals surface area contributed by atoms with Crippen LogP contribution in [0.2, 0.25) is 0 Å². The van der Waals surface area contributed by atoms with Gasteiger partial charge in [-0.2, -0.15) is 0 Å². The third kappa shape index (κ3) is 4.82. The van der Waals surface area contributed by atoms with Gasteiger partial charge in [-0.05, 0) is 37.5 Å². The number of carbonyl (C=O) groups is 2. The highest BCUT2D eigenvalue weighted by molar-refractivity contribution is 6.39. The van der Waals surface area contributed by atoms with Gasteiger partial charge in [-0.25, -0.2) is 4.39 Å². The zero-order valence-corrected chi connectivity index (χ0v) is 12.7. The van der Waals surface area contributed by atoms with E-state index < -0.39 is 23.2 Å². The molecule has 0 radical (unpaired) electrons. The standard InChI is InChI=1S/C15H21FN2O3/c1-9(2)15(4,21)8-17-13(19)14(20)18-12-7-11(16)6-5-10(12)3/h5-7,9,21H,8H2,1-4H3,(H,17,19)(H,18,20). The van der Waals surface area contributed by atoms with Gasteiger partial charge >= 0.3 is 11.8 Å². The van der Waals surface area contributed by atoms with Crippen molar-refractivity contribution in [3.05, 3.63) is 29.6 Å². The van der Waals surface area contributed by atoms with E-state index in [0.29, 0.717) is 5.56 Å². The Morgan fingerprint density at radius 2 is 1.95 bits per heavy atom. The predicted molar refractivity (Wildman–Crippen MR) is 78.2 cm³/mol. The second-order valence-corrected chi connectivity index (χ2v) is 5.61. The number of rotatable bonds is 4. The van der Waals surface area contributed by atoms with Crippen molar-refractivity contribution in [2.75, 3.05) is 11.9 Å². The molecule has 0 fully saturated rings. The Bertz CT molecular complexity index is 542. The number of hydrogen-bond acceptors (Lipinski definition) is 3. The number of halogens is 1. The normalized spacial score (nSPS) is 13.7. The van der Waals surface area contributed by atoms with Crippen LogP contribution >= 0.6 is 0 Å². The molecule has 2 amide bonds. The fraction of sp³-hybridized carbons (Fsp3) is 0.467. The topological polar surface area (TPSA) is 78.4 Å². The van der Waals surface area contributed by atoms with Crippen LogP contribution in [0.25, 0.3) is 0 Å². The summed E-state index contributed by atoms with van der Waals surface area (Å²) < 4.78 is 13.1. The highest BCUT2D eigenvalue weighted by Gasteiger charge is 2.26. The molecule has 116 valence electrons. The Morgan fingerprint density at radius 3 is 2.52 bits per heavy atom. The third-order valence-corrected chi connectivity index (χ3v) is 3.50. The van der Waals surface area contributed by atoms with Gasteiger partial charge in [0, 0.05) is 12.2 Å². The highest BCUT2D eigenvalue weighted by atomic mass is 19.1. The second kappa shape index (κ2) is 6.67. The Hall–Kier alpha value is -1.95. The lowest BCUT2D eigenvalue weighted by Crippen LogP contribution is -2.47. The number of amides is 2. The summed E-state index contributed by atoms with van der Waals surface area (Å²) in [6.07, 6.45) is 0. The summed E-state index contributed by atoms with van der Waals surface area (Å²) in [7, 11) is 0. The number of anilines is 1. The maximum absolute atomic E-state index is 13.1. The van der Waals surface area contributed by atoms with Crippen LogP contribution in [0.15, 0.2) is 18.2 Å². The van der Waals surface area contributed by atoms with E-state index in [0.717, 1.165) is 6.07 Å². The van der Waals surface area contributed by atoms with Crippen LogP contribution in [0.5, 0.6) is 0 Å². The molecule has 0 spiro atoms. The van der Waals surface area contributed by atoms with Crippen LogP contribution in [-0.4, -0.2) is 29.1 Å². The van der Waals surface area contributed by atoms with E-state index in [-0.39, 0.29) is 18.2 Å².